The van der Waals surface area contributed by atoms with Gasteiger partial charge in [0.15, 0.2) is 0 Å². The summed E-state index contributed by atoms with van der Waals surface area (Å²) in [4.78, 5) is 8.34. The molecule has 0 radical (unpaired) electrons. The lowest BCUT2D eigenvalue weighted by molar-refractivity contribution is 0.331. The Bertz CT molecular complexity index is 708. The van der Waals surface area contributed by atoms with E-state index in [4.69, 9.17) is 14.9 Å². The largest absolute Gasteiger partial charge is 0.477 e. The number of benzene rings is 1. The molecule has 0 aliphatic heterocycles. The molecule has 3 aromatic rings. The number of hydrogen-bond acceptors (Lipinski definition) is 5. The summed E-state index contributed by atoms with van der Waals surface area (Å²) in [6.45, 7) is 2.44. The standard InChI is InChI=1S/C14H13N3O2/c1-2-19-13-11-7-9(10-5-6-18-8-10)3-4-12(11)16-14(15)17-13/h3-8H,2H2,1H3,(H2,15,16,17). The van der Waals surface area contributed by atoms with Gasteiger partial charge >= 0.3 is 0 Å². The molecule has 3 rings (SSSR count). The van der Waals surface area contributed by atoms with E-state index in [1.165, 1.54) is 0 Å². The second kappa shape index (κ2) is 4.61. The average Bonchev–Trinajstić information content (AvgIpc) is 2.92. The number of aromatic nitrogens is 2. The predicted molar refractivity (Wildman–Crippen MR) is 72.8 cm³/mol. The van der Waals surface area contributed by atoms with Crippen molar-refractivity contribution in [2.45, 2.75) is 6.92 Å². The van der Waals surface area contributed by atoms with E-state index in [0.717, 1.165) is 22.0 Å². The summed E-state index contributed by atoms with van der Waals surface area (Å²) >= 11 is 0. The lowest BCUT2D eigenvalue weighted by Gasteiger charge is -2.08. The second-order valence-electron chi connectivity index (χ2n) is 4.06. The zero-order chi connectivity index (χ0) is 13.2. The van der Waals surface area contributed by atoms with Gasteiger partial charge in [-0.2, -0.15) is 4.98 Å². The number of rotatable bonds is 3. The van der Waals surface area contributed by atoms with Crippen LogP contribution in [0.1, 0.15) is 6.92 Å². The highest BCUT2D eigenvalue weighted by molar-refractivity contribution is 5.88. The lowest BCUT2D eigenvalue weighted by atomic mass is 10.1. The second-order valence-corrected chi connectivity index (χ2v) is 4.06. The summed E-state index contributed by atoms with van der Waals surface area (Å²) in [7, 11) is 0. The number of nitrogens with zero attached hydrogens (tertiary/aromatic N) is 2. The van der Waals surface area contributed by atoms with Crippen molar-refractivity contribution in [1.82, 2.24) is 9.97 Å². The fraction of sp³-hybridized carbons (Fsp3) is 0.143. The molecule has 96 valence electrons. The van der Waals surface area contributed by atoms with Gasteiger partial charge in [0.2, 0.25) is 11.8 Å². The van der Waals surface area contributed by atoms with Crippen LogP contribution in [-0.4, -0.2) is 16.6 Å². The summed E-state index contributed by atoms with van der Waals surface area (Å²) in [6.07, 6.45) is 3.34. The third-order valence-electron chi connectivity index (χ3n) is 2.81. The van der Waals surface area contributed by atoms with Crippen molar-refractivity contribution in [1.29, 1.82) is 0 Å². The van der Waals surface area contributed by atoms with Crippen LogP contribution >= 0.6 is 0 Å². The maximum atomic E-state index is 5.67. The first-order valence-electron chi connectivity index (χ1n) is 6.00. The Balaban J connectivity index is 2.20. The molecule has 0 aliphatic rings. The highest BCUT2D eigenvalue weighted by Gasteiger charge is 2.09. The molecule has 5 nitrogen and oxygen atoms in total. The highest BCUT2D eigenvalue weighted by Crippen LogP contribution is 2.29. The average molecular weight is 255 g/mol. The van der Waals surface area contributed by atoms with Crippen LogP contribution in [0.3, 0.4) is 0 Å². The van der Waals surface area contributed by atoms with E-state index in [9.17, 15) is 0 Å². The van der Waals surface area contributed by atoms with Crippen molar-refractivity contribution in [2.75, 3.05) is 12.3 Å². The van der Waals surface area contributed by atoms with Crippen LogP contribution in [0.2, 0.25) is 0 Å². The number of furan rings is 1. The molecule has 2 aromatic heterocycles. The number of anilines is 1. The third kappa shape index (κ3) is 2.10. The maximum Gasteiger partial charge on any atom is 0.226 e. The van der Waals surface area contributed by atoms with Crippen molar-refractivity contribution in [3.05, 3.63) is 36.8 Å². The molecule has 0 aliphatic carbocycles. The predicted octanol–water partition coefficient (Wildman–Crippen LogP) is 2.87. The fourth-order valence-electron chi connectivity index (χ4n) is 1.97. The number of hydrogen-bond donors (Lipinski definition) is 1. The number of nitrogen functional groups attached to an aromatic ring is 1. The van der Waals surface area contributed by atoms with Crippen molar-refractivity contribution in [3.63, 3.8) is 0 Å². The Morgan fingerprint density at radius 1 is 1.21 bits per heavy atom. The van der Waals surface area contributed by atoms with Gasteiger partial charge in [-0.25, -0.2) is 4.98 Å². The van der Waals surface area contributed by atoms with Gasteiger partial charge in [0.1, 0.15) is 0 Å². The van der Waals surface area contributed by atoms with Gasteiger partial charge in [-0.15, -0.1) is 0 Å². The molecule has 0 saturated carbocycles. The Morgan fingerprint density at radius 3 is 2.84 bits per heavy atom. The van der Waals surface area contributed by atoms with Crippen LogP contribution in [0.4, 0.5) is 5.95 Å². The topological polar surface area (TPSA) is 74.2 Å². The number of ether oxygens (including phenoxy) is 1. The molecule has 0 unspecified atom stereocenters. The van der Waals surface area contributed by atoms with Gasteiger partial charge in [-0.3, -0.25) is 0 Å². The highest BCUT2D eigenvalue weighted by atomic mass is 16.5. The quantitative estimate of drug-likeness (QED) is 0.778. The summed E-state index contributed by atoms with van der Waals surface area (Å²) in [5.74, 6) is 0.724. The maximum absolute atomic E-state index is 5.67. The molecule has 0 atom stereocenters. The minimum absolute atomic E-state index is 0.215. The summed E-state index contributed by atoms with van der Waals surface area (Å²) < 4.78 is 10.6. The Labute approximate surface area is 110 Å². The van der Waals surface area contributed by atoms with Gasteiger partial charge in [0, 0.05) is 5.56 Å². The van der Waals surface area contributed by atoms with E-state index >= 15 is 0 Å². The summed E-state index contributed by atoms with van der Waals surface area (Å²) in [6, 6.07) is 7.75. The monoisotopic (exact) mass is 255 g/mol. The van der Waals surface area contributed by atoms with Crippen LogP contribution in [0, 0.1) is 0 Å². The Morgan fingerprint density at radius 2 is 2.11 bits per heavy atom. The molecule has 5 heteroatoms. The van der Waals surface area contributed by atoms with Gasteiger partial charge in [0.05, 0.1) is 30.0 Å². The number of fused-ring (bicyclic) bond motifs is 1. The SMILES string of the molecule is CCOc1nc(N)nc2ccc(-c3ccoc3)cc12. The van der Waals surface area contributed by atoms with Crippen LogP contribution in [0.25, 0.3) is 22.0 Å². The molecule has 0 saturated heterocycles. The Hall–Kier alpha value is -2.56. The number of nitrogens with two attached hydrogens (primary N) is 1. The van der Waals surface area contributed by atoms with Gasteiger partial charge in [-0.05, 0) is 30.7 Å². The van der Waals surface area contributed by atoms with Crippen molar-refractivity contribution in [2.24, 2.45) is 0 Å². The molecule has 0 bridgehead atoms. The van der Waals surface area contributed by atoms with E-state index in [0.29, 0.717) is 12.5 Å². The molecule has 2 heterocycles. The summed E-state index contributed by atoms with van der Waals surface area (Å²) in [5.41, 5.74) is 8.46. The van der Waals surface area contributed by atoms with Crippen LogP contribution in [-0.2, 0) is 0 Å². The minimum Gasteiger partial charge on any atom is -0.477 e. The van der Waals surface area contributed by atoms with E-state index < -0.39 is 0 Å². The van der Waals surface area contributed by atoms with Crippen molar-refractivity contribution < 1.29 is 9.15 Å². The zero-order valence-corrected chi connectivity index (χ0v) is 10.5. The fourth-order valence-corrected chi connectivity index (χ4v) is 1.97. The molecule has 1 aromatic carbocycles. The zero-order valence-electron chi connectivity index (χ0n) is 10.5. The molecule has 19 heavy (non-hydrogen) atoms. The smallest absolute Gasteiger partial charge is 0.226 e. The van der Waals surface area contributed by atoms with Crippen molar-refractivity contribution >= 4 is 16.9 Å². The van der Waals surface area contributed by atoms with E-state index in [2.05, 4.69) is 9.97 Å². The Kier molecular flexibility index (Phi) is 2.79. The van der Waals surface area contributed by atoms with Gasteiger partial charge in [-0.1, -0.05) is 6.07 Å². The molecular formula is C14H13N3O2. The molecule has 2 N–H and O–H groups in total. The van der Waals surface area contributed by atoms with E-state index in [-0.39, 0.29) is 5.95 Å². The molecule has 0 fully saturated rings. The van der Waals surface area contributed by atoms with E-state index in [1.54, 1.807) is 12.5 Å². The van der Waals surface area contributed by atoms with Crippen LogP contribution < -0.4 is 10.5 Å². The first-order chi connectivity index (χ1) is 9.28. The van der Waals surface area contributed by atoms with Crippen LogP contribution in [0.5, 0.6) is 5.88 Å². The van der Waals surface area contributed by atoms with Gasteiger partial charge in [0.25, 0.3) is 0 Å². The minimum atomic E-state index is 0.215. The normalized spacial score (nSPS) is 10.8. The van der Waals surface area contributed by atoms with Crippen molar-refractivity contribution in [3.8, 4) is 17.0 Å². The first-order valence-corrected chi connectivity index (χ1v) is 6.00. The molecule has 0 spiro atoms. The van der Waals surface area contributed by atoms with E-state index in [1.807, 2.05) is 31.2 Å². The summed E-state index contributed by atoms with van der Waals surface area (Å²) in [5, 5.41) is 0.842. The molecule has 0 amide bonds. The lowest BCUT2D eigenvalue weighted by Crippen LogP contribution is -2.01. The van der Waals surface area contributed by atoms with Gasteiger partial charge < -0.3 is 14.9 Å². The molecular weight excluding hydrogens is 242 g/mol. The van der Waals surface area contributed by atoms with Crippen LogP contribution in [0.15, 0.2) is 41.2 Å². The first kappa shape index (κ1) is 11.5. The third-order valence-corrected chi connectivity index (χ3v) is 2.81.